The Morgan fingerprint density at radius 2 is 2.10 bits per heavy atom. The van der Waals surface area contributed by atoms with Gasteiger partial charge in [0.2, 0.25) is 5.91 Å². The van der Waals surface area contributed by atoms with Crippen molar-refractivity contribution in [2.24, 2.45) is 0 Å². The molecule has 0 saturated carbocycles. The SMILES string of the molecule is O=C(CNc1ccccc1Cl)Nc1snc2ncccc12. The third-order valence-corrected chi connectivity index (χ3v) is 3.92. The lowest BCUT2D eigenvalue weighted by molar-refractivity contribution is -0.114. The van der Waals surface area contributed by atoms with Crippen LogP contribution in [0.4, 0.5) is 10.7 Å². The highest BCUT2D eigenvalue weighted by Gasteiger charge is 2.10. The minimum Gasteiger partial charge on any atom is -0.375 e. The summed E-state index contributed by atoms with van der Waals surface area (Å²) in [6.07, 6.45) is 1.67. The molecule has 0 fully saturated rings. The summed E-state index contributed by atoms with van der Waals surface area (Å²) < 4.78 is 4.18. The van der Waals surface area contributed by atoms with E-state index in [4.69, 9.17) is 11.6 Å². The Kier molecular flexibility index (Phi) is 3.98. The molecule has 3 rings (SSSR count). The number of anilines is 2. The van der Waals surface area contributed by atoms with Crippen molar-refractivity contribution in [2.75, 3.05) is 17.2 Å². The molecule has 0 aliphatic heterocycles. The quantitative estimate of drug-likeness (QED) is 0.773. The molecule has 0 aliphatic carbocycles. The molecule has 0 spiro atoms. The molecule has 2 aromatic heterocycles. The molecule has 0 aliphatic rings. The fourth-order valence-corrected chi connectivity index (χ4v) is 2.77. The number of pyridine rings is 1. The predicted molar refractivity (Wildman–Crippen MR) is 86.0 cm³/mol. The average Bonchev–Trinajstić information content (AvgIpc) is 2.90. The zero-order valence-electron chi connectivity index (χ0n) is 10.8. The van der Waals surface area contributed by atoms with E-state index in [9.17, 15) is 4.79 Å². The summed E-state index contributed by atoms with van der Waals surface area (Å²) in [7, 11) is 0. The Bertz CT molecular complexity index is 789. The van der Waals surface area contributed by atoms with Gasteiger partial charge in [-0.3, -0.25) is 4.79 Å². The van der Waals surface area contributed by atoms with Crippen LogP contribution in [-0.2, 0) is 4.79 Å². The second kappa shape index (κ2) is 6.07. The minimum absolute atomic E-state index is 0.128. The number of rotatable bonds is 4. The van der Waals surface area contributed by atoms with E-state index in [2.05, 4.69) is 20.0 Å². The number of halogens is 1. The van der Waals surface area contributed by atoms with E-state index < -0.39 is 0 Å². The van der Waals surface area contributed by atoms with Gasteiger partial charge in [-0.25, -0.2) is 4.98 Å². The van der Waals surface area contributed by atoms with Crippen LogP contribution in [0, 0.1) is 0 Å². The van der Waals surface area contributed by atoms with Crippen LogP contribution in [0.3, 0.4) is 0 Å². The largest absolute Gasteiger partial charge is 0.375 e. The van der Waals surface area contributed by atoms with Gasteiger partial charge in [0.15, 0.2) is 5.65 Å². The summed E-state index contributed by atoms with van der Waals surface area (Å²) in [4.78, 5) is 16.1. The van der Waals surface area contributed by atoms with Gasteiger partial charge in [-0.05, 0) is 35.8 Å². The number of benzene rings is 1. The van der Waals surface area contributed by atoms with Crippen LogP contribution in [0.25, 0.3) is 11.0 Å². The number of nitrogens with one attached hydrogen (secondary N) is 2. The smallest absolute Gasteiger partial charge is 0.244 e. The Morgan fingerprint density at radius 1 is 1.24 bits per heavy atom. The Balaban J connectivity index is 1.66. The number of nitrogens with zero attached hydrogens (tertiary/aromatic N) is 2. The molecule has 1 amide bonds. The van der Waals surface area contributed by atoms with Crippen molar-refractivity contribution < 1.29 is 4.79 Å². The van der Waals surface area contributed by atoms with E-state index in [0.29, 0.717) is 15.7 Å². The maximum Gasteiger partial charge on any atom is 0.244 e. The summed E-state index contributed by atoms with van der Waals surface area (Å²) in [6, 6.07) is 11.0. The summed E-state index contributed by atoms with van der Waals surface area (Å²) in [5, 5.41) is 7.94. The van der Waals surface area contributed by atoms with E-state index in [1.165, 1.54) is 11.5 Å². The predicted octanol–water partition coefficient (Wildman–Crippen LogP) is 3.40. The van der Waals surface area contributed by atoms with Crippen LogP contribution in [-0.4, -0.2) is 21.8 Å². The first kappa shape index (κ1) is 13.8. The molecule has 106 valence electrons. The first-order valence-electron chi connectivity index (χ1n) is 6.23. The summed E-state index contributed by atoms with van der Waals surface area (Å²) in [5.41, 5.74) is 1.36. The number of carbonyl (C=O) groups excluding carboxylic acids is 1. The molecular weight excluding hydrogens is 308 g/mol. The molecule has 1 aromatic carbocycles. The fourth-order valence-electron chi connectivity index (χ4n) is 1.83. The van der Waals surface area contributed by atoms with E-state index in [0.717, 1.165) is 11.1 Å². The van der Waals surface area contributed by atoms with Gasteiger partial charge in [0.1, 0.15) is 5.00 Å². The van der Waals surface area contributed by atoms with Crippen molar-refractivity contribution in [3.63, 3.8) is 0 Å². The summed E-state index contributed by atoms with van der Waals surface area (Å²) in [5.74, 6) is -0.163. The fraction of sp³-hybridized carbons (Fsp3) is 0.0714. The van der Waals surface area contributed by atoms with E-state index in [-0.39, 0.29) is 12.5 Å². The van der Waals surface area contributed by atoms with Crippen LogP contribution in [0.2, 0.25) is 5.02 Å². The molecule has 7 heteroatoms. The van der Waals surface area contributed by atoms with Gasteiger partial charge in [-0.2, -0.15) is 4.37 Å². The number of carbonyl (C=O) groups is 1. The van der Waals surface area contributed by atoms with Crippen molar-refractivity contribution >= 4 is 50.8 Å². The normalized spacial score (nSPS) is 10.5. The highest BCUT2D eigenvalue weighted by Crippen LogP contribution is 2.26. The lowest BCUT2D eigenvalue weighted by atomic mass is 10.3. The first-order valence-corrected chi connectivity index (χ1v) is 7.38. The van der Waals surface area contributed by atoms with Crippen molar-refractivity contribution in [1.29, 1.82) is 0 Å². The number of para-hydroxylation sites is 1. The van der Waals surface area contributed by atoms with Crippen LogP contribution >= 0.6 is 23.1 Å². The minimum atomic E-state index is -0.163. The molecule has 0 atom stereocenters. The van der Waals surface area contributed by atoms with Gasteiger partial charge in [0.25, 0.3) is 0 Å². The van der Waals surface area contributed by atoms with Crippen molar-refractivity contribution in [3.8, 4) is 0 Å². The standard InChI is InChI=1S/C14H11ClN4OS/c15-10-5-1-2-6-11(10)17-8-12(20)18-14-9-4-3-7-16-13(9)19-21-14/h1-7,17H,8H2,(H,18,20). The number of aromatic nitrogens is 2. The molecule has 5 nitrogen and oxygen atoms in total. The Labute approximate surface area is 130 Å². The van der Waals surface area contributed by atoms with Crippen LogP contribution in [0.15, 0.2) is 42.6 Å². The van der Waals surface area contributed by atoms with E-state index in [1.807, 2.05) is 30.3 Å². The van der Waals surface area contributed by atoms with Gasteiger partial charge in [0, 0.05) is 6.20 Å². The summed E-state index contributed by atoms with van der Waals surface area (Å²) in [6.45, 7) is 0.128. The first-order chi connectivity index (χ1) is 10.2. The maximum atomic E-state index is 12.0. The van der Waals surface area contributed by atoms with Crippen LogP contribution in [0.1, 0.15) is 0 Å². The van der Waals surface area contributed by atoms with Gasteiger partial charge in [-0.15, -0.1) is 0 Å². The van der Waals surface area contributed by atoms with Crippen LogP contribution < -0.4 is 10.6 Å². The zero-order valence-corrected chi connectivity index (χ0v) is 12.4. The van der Waals surface area contributed by atoms with E-state index in [1.54, 1.807) is 12.3 Å². The molecule has 2 heterocycles. The Morgan fingerprint density at radius 3 is 2.95 bits per heavy atom. The highest BCUT2D eigenvalue weighted by atomic mass is 35.5. The molecule has 21 heavy (non-hydrogen) atoms. The monoisotopic (exact) mass is 318 g/mol. The molecule has 0 bridgehead atoms. The summed E-state index contributed by atoms with van der Waals surface area (Å²) >= 11 is 7.24. The van der Waals surface area contributed by atoms with E-state index >= 15 is 0 Å². The molecule has 3 aromatic rings. The molecule has 0 unspecified atom stereocenters. The average molecular weight is 319 g/mol. The van der Waals surface area contributed by atoms with Gasteiger partial charge in [-0.1, -0.05) is 23.7 Å². The van der Waals surface area contributed by atoms with Crippen molar-refractivity contribution in [1.82, 2.24) is 9.36 Å². The number of hydrogen-bond acceptors (Lipinski definition) is 5. The lowest BCUT2D eigenvalue weighted by Gasteiger charge is -2.07. The third kappa shape index (κ3) is 3.12. The second-order valence-corrected chi connectivity index (χ2v) is 5.45. The molecule has 0 saturated heterocycles. The zero-order chi connectivity index (χ0) is 14.7. The maximum absolute atomic E-state index is 12.0. The van der Waals surface area contributed by atoms with Crippen molar-refractivity contribution in [2.45, 2.75) is 0 Å². The molecule has 2 N–H and O–H groups in total. The second-order valence-electron chi connectivity index (χ2n) is 4.27. The van der Waals surface area contributed by atoms with Gasteiger partial charge >= 0.3 is 0 Å². The third-order valence-electron chi connectivity index (χ3n) is 2.82. The highest BCUT2D eigenvalue weighted by molar-refractivity contribution is 7.12. The number of hydrogen-bond donors (Lipinski definition) is 2. The number of fused-ring (bicyclic) bond motifs is 1. The topological polar surface area (TPSA) is 66.9 Å². The van der Waals surface area contributed by atoms with Crippen molar-refractivity contribution in [3.05, 3.63) is 47.6 Å². The Hall–Kier alpha value is -2.18. The van der Waals surface area contributed by atoms with Gasteiger partial charge < -0.3 is 10.6 Å². The molecule has 0 radical (unpaired) electrons. The molecular formula is C14H11ClN4OS. The number of amides is 1. The van der Waals surface area contributed by atoms with Gasteiger partial charge in [0.05, 0.1) is 22.6 Å². The van der Waals surface area contributed by atoms with Crippen LogP contribution in [0.5, 0.6) is 0 Å². The lowest BCUT2D eigenvalue weighted by Crippen LogP contribution is -2.21.